The average Bonchev–Trinajstić information content (AvgIpc) is 2.81. The summed E-state index contributed by atoms with van der Waals surface area (Å²) in [5.41, 5.74) is 5.37. The third-order valence-electron chi connectivity index (χ3n) is 6.26. The van der Waals surface area contributed by atoms with Gasteiger partial charge in [0.05, 0.1) is 5.69 Å². The van der Waals surface area contributed by atoms with Crippen molar-refractivity contribution in [3.8, 4) is 5.88 Å². The van der Waals surface area contributed by atoms with Crippen LogP contribution in [0.5, 0.6) is 5.88 Å². The molecule has 5 rings (SSSR count). The number of carbonyl (C=O) groups is 1. The molecule has 1 N–H and O–H groups in total. The molecule has 8 nitrogen and oxygen atoms in total. The molecule has 3 heterocycles. The molecule has 1 amide bonds. The van der Waals surface area contributed by atoms with Gasteiger partial charge in [0, 0.05) is 43.8 Å². The van der Waals surface area contributed by atoms with Crippen LogP contribution in [0.15, 0.2) is 48.7 Å². The smallest absolute Gasteiger partial charge is 0.268 e. The van der Waals surface area contributed by atoms with E-state index < -0.39 is 0 Å². The van der Waals surface area contributed by atoms with Gasteiger partial charge in [0.1, 0.15) is 5.56 Å². The van der Waals surface area contributed by atoms with E-state index in [9.17, 15) is 4.79 Å². The first-order valence-corrected chi connectivity index (χ1v) is 11.2. The molecule has 33 heavy (non-hydrogen) atoms. The van der Waals surface area contributed by atoms with Gasteiger partial charge in [0.2, 0.25) is 11.8 Å². The van der Waals surface area contributed by atoms with E-state index in [2.05, 4.69) is 44.3 Å². The summed E-state index contributed by atoms with van der Waals surface area (Å²) in [6.45, 7) is 8.30. The second-order valence-corrected chi connectivity index (χ2v) is 8.62. The number of hydrogen-bond donors (Lipinski definition) is 1. The van der Waals surface area contributed by atoms with Gasteiger partial charge < -0.3 is 19.9 Å². The van der Waals surface area contributed by atoms with Crippen molar-refractivity contribution >= 4 is 28.9 Å². The molecular weight excluding hydrogens is 416 g/mol. The molecule has 1 saturated heterocycles. The van der Waals surface area contributed by atoms with E-state index in [-0.39, 0.29) is 12.6 Å². The van der Waals surface area contributed by atoms with Gasteiger partial charge in [-0.25, -0.2) is 4.98 Å². The van der Waals surface area contributed by atoms with Crippen LogP contribution in [0.3, 0.4) is 0 Å². The van der Waals surface area contributed by atoms with E-state index >= 15 is 0 Å². The molecule has 2 aliphatic rings. The Morgan fingerprint density at radius 3 is 2.36 bits per heavy atom. The van der Waals surface area contributed by atoms with E-state index in [1.165, 1.54) is 11.9 Å². The molecular formula is C25H28N6O2. The monoisotopic (exact) mass is 444 g/mol. The van der Waals surface area contributed by atoms with Crippen LogP contribution < -0.4 is 19.9 Å². The maximum atomic E-state index is 13.1. The first kappa shape index (κ1) is 21.2. The molecule has 0 atom stereocenters. The zero-order valence-corrected chi connectivity index (χ0v) is 19.2. The number of aromatic nitrogens is 2. The van der Waals surface area contributed by atoms with Crippen LogP contribution >= 0.6 is 0 Å². The van der Waals surface area contributed by atoms with Crippen molar-refractivity contribution in [1.82, 2.24) is 14.9 Å². The predicted molar refractivity (Wildman–Crippen MR) is 130 cm³/mol. The lowest BCUT2D eigenvalue weighted by Crippen LogP contribution is -2.44. The van der Waals surface area contributed by atoms with Gasteiger partial charge >= 0.3 is 0 Å². The largest absolute Gasteiger partial charge is 0.455 e. The Morgan fingerprint density at radius 1 is 0.970 bits per heavy atom. The third kappa shape index (κ3) is 4.21. The minimum absolute atomic E-state index is 0.119. The molecule has 0 radical (unpaired) electrons. The number of benzene rings is 2. The molecule has 0 spiro atoms. The number of hydrogen-bond acceptors (Lipinski definition) is 7. The van der Waals surface area contributed by atoms with Crippen molar-refractivity contribution in [3.05, 3.63) is 65.4 Å². The van der Waals surface area contributed by atoms with Crippen molar-refractivity contribution in [1.29, 1.82) is 0 Å². The molecule has 0 aliphatic carbocycles. The third-order valence-corrected chi connectivity index (χ3v) is 6.26. The van der Waals surface area contributed by atoms with Gasteiger partial charge in [-0.3, -0.25) is 9.69 Å². The SMILES string of the molecule is Cc1cccc(C)c1N1COc2nc(Nc3ccc(N4CCN(C)CC4)cc3)ncc2C1=O. The molecule has 2 aliphatic heterocycles. The highest BCUT2D eigenvalue weighted by Gasteiger charge is 2.30. The molecule has 0 unspecified atom stereocenters. The lowest BCUT2D eigenvalue weighted by molar-refractivity contribution is 0.0932. The molecule has 0 bridgehead atoms. The normalized spacial score (nSPS) is 16.4. The fourth-order valence-electron chi connectivity index (χ4n) is 4.36. The zero-order chi connectivity index (χ0) is 22.9. The van der Waals surface area contributed by atoms with Crippen LogP contribution in [0.4, 0.5) is 23.0 Å². The van der Waals surface area contributed by atoms with Crippen LogP contribution in [0, 0.1) is 13.8 Å². The van der Waals surface area contributed by atoms with Gasteiger partial charge in [-0.15, -0.1) is 0 Å². The number of likely N-dealkylation sites (N-methyl/N-ethyl adjacent to an activating group) is 1. The maximum Gasteiger partial charge on any atom is 0.268 e. The number of ether oxygens (including phenoxy) is 1. The minimum atomic E-state index is -0.156. The van der Waals surface area contributed by atoms with E-state index in [0.717, 1.165) is 48.7 Å². The number of anilines is 4. The second-order valence-electron chi connectivity index (χ2n) is 8.62. The van der Waals surface area contributed by atoms with E-state index in [1.807, 2.05) is 44.2 Å². The number of para-hydroxylation sites is 1. The van der Waals surface area contributed by atoms with Crippen LogP contribution in [0.1, 0.15) is 21.5 Å². The highest BCUT2D eigenvalue weighted by molar-refractivity contribution is 6.09. The number of carbonyl (C=O) groups excluding carboxylic acids is 1. The van der Waals surface area contributed by atoms with Crippen molar-refractivity contribution < 1.29 is 9.53 Å². The van der Waals surface area contributed by atoms with Gasteiger partial charge in [-0.05, 0) is 56.3 Å². The van der Waals surface area contributed by atoms with E-state index in [0.29, 0.717) is 17.4 Å². The fraction of sp³-hybridized carbons (Fsp3) is 0.320. The van der Waals surface area contributed by atoms with Crippen molar-refractivity contribution in [2.45, 2.75) is 13.8 Å². The topological polar surface area (TPSA) is 73.8 Å². The van der Waals surface area contributed by atoms with E-state index in [4.69, 9.17) is 4.74 Å². The summed E-state index contributed by atoms with van der Waals surface area (Å²) in [6, 6.07) is 14.2. The summed E-state index contributed by atoms with van der Waals surface area (Å²) in [4.78, 5) is 28.3. The Hall–Kier alpha value is -3.65. The zero-order valence-electron chi connectivity index (χ0n) is 19.2. The Balaban J connectivity index is 1.30. The Morgan fingerprint density at radius 2 is 1.67 bits per heavy atom. The number of aryl methyl sites for hydroxylation is 2. The number of nitrogens with one attached hydrogen (secondary N) is 1. The van der Waals surface area contributed by atoms with Gasteiger partial charge in [-0.2, -0.15) is 4.98 Å². The number of fused-ring (bicyclic) bond motifs is 1. The van der Waals surface area contributed by atoms with Crippen LogP contribution in [0.2, 0.25) is 0 Å². The number of amides is 1. The van der Waals surface area contributed by atoms with Gasteiger partial charge in [0.15, 0.2) is 6.73 Å². The summed E-state index contributed by atoms with van der Waals surface area (Å²) in [5.74, 6) is 0.542. The predicted octanol–water partition coefficient (Wildman–Crippen LogP) is 3.59. The molecule has 1 aromatic heterocycles. The summed E-state index contributed by atoms with van der Waals surface area (Å²) >= 11 is 0. The fourth-order valence-corrected chi connectivity index (χ4v) is 4.36. The Bertz CT molecular complexity index is 1150. The molecule has 1 fully saturated rings. The summed E-state index contributed by atoms with van der Waals surface area (Å²) in [7, 11) is 2.15. The second kappa shape index (κ2) is 8.71. The maximum absolute atomic E-state index is 13.1. The number of piperazine rings is 1. The summed E-state index contributed by atoms with van der Waals surface area (Å²) in [5, 5.41) is 3.21. The van der Waals surface area contributed by atoms with Gasteiger partial charge in [-0.1, -0.05) is 18.2 Å². The lowest BCUT2D eigenvalue weighted by atomic mass is 10.1. The van der Waals surface area contributed by atoms with Gasteiger partial charge in [0.25, 0.3) is 5.91 Å². The first-order valence-electron chi connectivity index (χ1n) is 11.2. The van der Waals surface area contributed by atoms with Crippen LogP contribution in [-0.4, -0.2) is 60.7 Å². The summed E-state index contributed by atoms with van der Waals surface area (Å²) < 4.78 is 5.86. The highest BCUT2D eigenvalue weighted by Crippen LogP contribution is 2.31. The first-order chi connectivity index (χ1) is 16.0. The van der Waals surface area contributed by atoms with Crippen LogP contribution in [-0.2, 0) is 0 Å². The molecule has 170 valence electrons. The van der Waals surface area contributed by atoms with Crippen LogP contribution in [0.25, 0.3) is 0 Å². The standard InChI is InChI=1S/C25H28N6O2/c1-17-5-4-6-18(2)22(17)31-16-33-23-21(24(31)32)15-26-25(28-23)27-19-7-9-20(10-8-19)30-13-11-29(3)12-14-30/h4-10,15H,11-14,16H2,1-3H3,(H,26,27,28). The highest BCUT2D eigenvalue weighted by atomic mass is 16.5. The van der Waals surface area contributed by atoms with Crippen molar-refractivity contribution in [2.24, 2.45) is 0 Å². The molecule has 3 aromatic rings. The van der Waals surface area contributed by atoms with Crippen molar-refractivity contribution in [2.75, 3.05) is 55.1 Å². The lowest BCUT2D eigenvalue weighted by Gasteiger charge is -2.34. The minimum Gasteiger partial charge on any atom is -0.455 e. The number of rotatable bonds is 4. The van der Waals surface area contributed by atoms with E-state index in [1.54, 1.807) is 4.90 Å². The average molecular weight is 445 g/mol. The molecule has 2 aromatic carbocycles. The molecule has 8 heteroatoms. The Labute approximate surface area is 193 Å². The molecule has 0 saturated carbocycles. The quantitative estimate of drug-likeness (QED) is 0.659. The van der Waals surface area contributed by atoms with Crippen molar-refractivity contribution in [3.63, 3.8) is 0 Å². The Kier molecular flexibility index (Phi) is 5.60. The number of nitrogens with zero attached hydrogens (tertiary/aromatic N) is 5. The summed E-state index contributed by atoms with van der Waals surface area (Å²) in [6.07, 6.45) is 1.53.